The minimum Gasteiger partial charge on any atom is -0.454 e. The SMILES string of the molecule is CCCNCc1ccc(Oc2cnn(CC)c2)c(C)c1. The summed E-state index contributed by atoms with van der Waals surface area (Å²) in [5, 5.41) is 7.61. The molecule has 0 aliphatic heterocycles. The molecule has 0 spiro atoms. The van der Waals surface area contributed by atoms with Crippen molar-refractivity contribution < 1.29 is 4.74 Å². The minimum atomic E-state index is 0.784. The molecule has 1 N–H and O–H groups in total. The zero-order valence-corrected chi connectivity index (χ0v) is 12.5. The smallest absolute Gasteiger partial charge is 0.165 e. The van der Waals surface area contributed by atoms with Gasteiger partial charge in [-0.15, -0.1) is 0 Å². The van der Waals surface area contributed by atoms with Crippen molar-refractivity contribution in [3.05, 3.63) is 41.7 Å². The first-order valence-electron chi connectivity index (χ1n) is 7.23. The number of rotatable bonds is 7. The van der Waals surface area contributed by atoms with Crippen molar-refractivity contribution >= 4 is 0 Å². The summed E-state index contributed by atoms with van der Waals surface area (Å²) in [6.45, 7) is 9.11. The quantitative estimate of drug-likeness (QED) is 0.785. The van der Waals surface area contributed by atoms with E-state index in [0.717, 1.165) is 43.1 Å². The van der Waals surface area contributed by atoms with Crippen LogP contribution in [0.1, 0.15) is 31.4 Å². The lowest BCUT2D eigenvalue weighted by Gasteiger charge is -2.09. The van der Waals surface area contributed by atoms with Crippen LogP contribution in [-0.2, 0) is 13.1 Å². The predicted molar refractivity (Wildman–Crippen MR) is 81.2 cm³/mol. The van der Waals surface area contributed by atoms with Crippen LogP contribution in [0.4, 0.5) is 0 Å². The van der Waals surface area contributed by atoms with Crippen LogP contribution in [0.5, 0.6) is 11.5 Å². The third kappa shape index (κ3) is 3.84. The molecule has 0 saturated carbocycles. The average molecular weight is 273 g/mol. The van der Waals surface area contributed by atoms with E-state index in [9.17, 15) is 0 Å². The van der Waals surface area contributed by atoms with Crippen molar-refractivity contribution in [2.75, 3.05) is 6.54 Å². The normalized spacial score (nSPS) is 10.8. The Morgan fingerprint density at radius 1 is 1.30 bits per heavy atom. The average Bonchev–Trinajstić information content (AvgIpc) is 2.90. The highest BCUT2D eigenvalue weighted by Crippen LogP contribution is 2.25. The molecule has 1 heterocycles. The van der Waals surface area contributed by atoms with Gasteiger partial charge in [0.1, 0.15) is 5.75 Å². The van der Waals surface area contributed by atoms with Gasteiger partial charge in [-0.3, -0.25) is 4.68 Å². The highest BCUT2D eigenvalue weighted by molar-refractivity contribution is 5.38. The van der Waals surface area contributed by atoms with Gasteiger partial charge in [0.15, 0.2) is 5.75 Å². The van der Waals surface area contributed by atoms with Gasteiger partial charge in [-0.25, -0.2) is 0 Å². The van der Waals surface area contributed by atoms with Crippen LogP contribution in [0.3, 0.4) is 0 Å². The van der Waals surface area contributed by atoms with E-state index in [1.54, 1.807) is 6.20 Å². The summed E-state index contributed by atoms with van der Waals surface area (Å²) in [6, 6.07) is 6.30. The highest BCUT2D eigenvalue weighted by Gasteiger charge is 2.04. The number of nitrogens with one attached hydrogen (secondary N) is 1. The molecule has 0 bridgehead atoms. The van der Waals surface area contributed by atoms with Gasteiger partial charge < -0.3 is 10.1 Å². The van der Waals surface area contributed by atoms with E-state index in [1.165, 1.54) is 5.56 Å². The summed E-state index contributed by atoms with van der Waals surface area (Å²) in [4.78, 5) is 0. The van der Waals surface area contributed by atoms with Crippen LogP contribution in [0.15, 0.2) is 30.6 Å². The Labute approximate surface area is 120 Å². The molecule has 4 heteroatoms. The van der Waals surface area contributed by atoms with E-state index in [4.69, 9.17) is 4.74 Å². The minimum absolute atomic E-state index is 0.784. The van der Waals surface area contributed by atoms with Crippen molar-refractivity contribution in [3.63, 3.8) is 0 Å². The molecule has 1 aromatic heterocycles. The van der Waals surface area contributed by atoms with Crippen LogP contribution in [0, 0.1) is 6.92 Å². The molecule has 0 radical (unpaired) electrons. The van der Waals surface area contributed by atoms with Crippen molar-refractivity contribution in [1.29, 1.82) is 0 Å². The Hall–Kier alpha value is -1.81. The fraction of sp³-hybridized carbons (Fsp3) is 0.438. The Morgan fingerprint density at radius 3 is 2.80 bits per heavy atom. The summed E-state index contributed by atoms with van der Waals surface area (Å²) in [7, 11) is 0. The molecule has 20 heavy (non-hydrogen) atoms. The molecule has 0 aliphatic carbocycles. The maximum absolute atomic E-state index is 5.87. The molecular weight excluding hydrogens is 250 g/mol. The highest BCUT2D eigenvalue weighted by atomic mass is 16.5. The number of benzene rings is 1. The molecule has 0 fully saturated rings. The third-order valence-electron chi connectivity index (χ3n) is 3.16. The lowest BCUT2D eigenvalue weighted by Crippen LogP contribution is -2.13. The molecule has 0 atom stereocenters. The van der Waals surface area contributed by atoms with Gasteiger partial charge in [0.05, 0.1) is 12.4 Å². The molecule has 0 aliphatic rings. The standard InChI is InChI=1S/C16H23N3O/c1-4-8-17-10-14-6-7-16(13(3)9-14)20-15-11-18-19(5-2)12-15/h6-7,9,11-12,17H,4-5,8,10H2,1-3H3. The number of aryl methyl sites for hydroxylation is 2. The molecule has 2 rings (SSSR count). The van der Waals surface area contributed by atoms with E-state index in [2.05, 4.69) is 43.3 Å². The molecule has 4 nitrogen and oxygen atoms in total. The van der Waals surface area contributed by atoms with Crippen molar-refractivity contribution in [1.82, 2.24) is 15.1 Å². The van der Waals surface area contributed by atoms with Crippen LogP contribution in [-0.4, -0.2) is 16.3 Å². The zero-order chi connectivity index (χ0) is 14.4. The van der Waals surface area contributed by atoms with Crippen molar-refractivity contribution in [2.24, 2.45) is 0 Å². The first kappa shape index (κ1) is 14.6. The molecule has 1 aromatic carbocycles. The van der Waals surface area contributed by atoms with Crippen LogP contribution < -0.4 is 10.1 Å². The summed E-state index contributed by atoms with van der Waals surface area (Å²) in [5.41, 5.74) is 2.43. The van der Waals surface area contributed by atoms with Gasteiger partial charge in [-0.2, -0.15) is 5.10 Å². The summed E-state index contributed by atoms with van der Waals surface area (Å²) in [5.74, 6) is 1.67. The summed E-state index contributed by atoms with van der Waals surface area (Å²) >= 11 is 0. The van der Waals surface area contributed by atoms with Gasteiger partial charge in [-0.1, -0.05) is 19.1 Å². The Kier molecular flexibility index (Phi) is 5.18. The summed E-state index contributed by atoms with van der Waals surface area (Å²) in [6.07, 6.45) is 4.82. The lowest BCUT2D eigenvalue weighted by atomic mass is 10.1. The summed E-state index contributed by atoms with van der Waals surface area (Å²) < 4.78 is 7.72. The second-order valence-electron chi connectivity index (χ2n) is 4.91. The van der Waals surface area contributed by atoms with E-state index in [1.807, 2.05) is 16.9 Å². The first-order chi connectivity index (χ1) is 9.72. The van der Waals surface area contributed by atoms with Crippen molar-refractivity contribution in [2.45, 2.75) is 40.3 Å². The van der Waals surface area contributed by atoms with Gasteiger partial charge in [0.25, 0.3) is 0 Å². The lowest BCUT2D eigenvalue weighted by molar-refractivity contribution is 0.477. The maximum Gasteiger partial charge on any atom is 0.165 e. The first-order valence-corrected chi connectivity index (χ1v) is 7.23. The Balaban J connectivity index is 2.01. The second-order valence-corrected chi connectivity index (χ2v) is 4.91. The molecule has 0 saturated heterocycles. The number of aromatic nitrogens is 2. The number of hydrogen-bond donors (Lipinski definition) is 1. The van der Waals surface area contributed by atoms with Gasteiger partial charge in [0.2, 0.25) is 0 Å². The van der Waals surface area contributed by atoms with Crippen LogP contribution in [0.25, 0.3) is 0 Å². The van der Waals surface area contributed by atoms with Crippen LogP contribution >= 0.6 is 0 Å². The zero-order valence-electron chi connectivity index (χ0n) is 12.5. The number of hydrogen-bond acceptors (Lipinski definition) is 3. The Morgan fingerprint density at radius 2 is 2.15 bits per heavy atom. The van der Waals surface area contributed by atoms with E-state index < -0.39 is 0 Å². The van der Waals surface area contributed by atoms with Crippen LogP contribution in [0.2, 0.25) is 0 Å². The topological polar surface area (TPSA) is 39.1 Å². The molecular formula is C16H23N3O. The Bertz CT molecular complexity index is 548. The van der Waals surface area contributed by atoms with Gasteiger partial charge >= 0.3 is 0 Å². The molecule has 0 unspecified atom stereocenters. The monoisotopic (exact) mass is 273 g/mol. The third-order valence-corrected chi connectivity index (χ3v) is 3.16. The predicted octanol–water partition coefficient (Wildman–Crippen LogP) is 3.50. The molecule has 2 aromatic rings. The fourth-order valence-corrected chi connectivity index (χ4v) is 2.04. The van der Waals surface area contributed by atoms with E-state index >= 15 is 0 Å². The largest absolute Gasteiger partial charge is 0.454 e. The molecule has 108 valence electrons. The maximum atomic E-state index is 5.87. The van der Waals surface area contributed by atoms with Gasteiger partial charge in [0, 0.05) is 13.1 Å². The van der Waals surface area contributed by atoms with E-state index in [-0.39, 0.29) is 0 Å². The van der Waals surface area contributed by atoms with Crippen molar-refractivity contribution in [3.8, 4) is 11.5 Å². The fourth-order valence-electron chi connectivity index (χ4n) is 2.04. The number of nitrogens with zero attached hydrogens (tertiary/aromatic N) is 2. The van der Waals surface area contributed by atoms with Gasteiger partial charge in [-0.05, 0) is 44.0 Å². The van der Waals surface area contributed by atoms with E-state index in [0.29, 0.717) is 0 Å². The second kappa shape index (κ2) is 7.10. The number of ether oxygens (including phenoxy) is 1. The molecule has 0 amide bonds.